The zero-order chi connectivity index (χ0) is 32.9. The highest BCUT2D eigenvalue weighted by atomic mass is 19.1. The van der Waals surface area contributed by atoms with Crippen molar-refractivity contribution in [2.24, 2.45) is 0 Å². The minimum absolute atomic E-state index is 0.0421. The lowest BCUT2D eigenvalue weighted by molar-refractivity contribution is -0.277. The first-order chi connectivity index (χ1) is 21.4. The van der Waals surface area contributed by atoms with Crippen molar-refractivity contribution in [3.63, 3.8) is 0 Å². The molecule has 242 valence electrons. The van der Waals surface area contributed by atoms with E-state index >= 15 is 4.39 Å². The first-order valence-corrected chi connectivity index (χ1v) is 13.5. The third-order valence-electron chi connectivity index (χ3n) is 5.87. The standard InChI is InChI=1S/C29H32FN3O12/c1-16(34)40-15-22-25(42-17(2)35)26(43-18(3)36)24(30)27(44-22)45-29(39)33-21-11-9-20(10-12-21)32-23(37)13-31-28(38)41-14-19-7-5-4-6-8-19/h4-12,22,24-27H,13-15H2,1-3H3,(H,31,38)(H,32,37)(H,33,39)/t22-,24+,25-,26-,27+/m1/s1. The van der Waals surface area contributed by atoms with Gasteiger partial charge in [-0.3, -0.25) is 24.5 Å². The van der Waals surface area contributed by atoms with E-state index in [9.17, 15) is 28.8 Å². The number of alkyl halides is 1. The van der Waals surface area contributed by atoms with Gasteiger partial charge in [0.15, 0.2) is 12.2 Å². The summed E-state index contributed by atoms with van der Waals surface area (Å²) >= 11 is 0. The summed E-state index contributed by atoms with van der Waals surface area (Å²) in [5.74, 6) is -3.04. The van der Waals surface area contributed by atoms with E-state index in [2.05, 4.69) is 16.0 Å². The third-order valence-corrected chi connectivity index (χ3v) is 5.87. The topological polar surface area (TPSA) is 194 Å². The lowest BCUT2D eigenvalue weighted by Gasteiger charge is -2.41. The maximum Gasteiger partial charge on any atom is 0.414 e. The number of benzene rings is 2. The Bertz CT molecular complexity index is 1360. The molecule has 2 aromatic carbocycles. The number of amides is 3. The molecular formula is C29H32FN3O12. The number of ether oxygens (including phenoxy) is 6. The molecule has 1 aliphatic rings. The highest BCUT2D eigenvalue weighted by Gasteiger charge is 2.52. The minimum atomic E-state index is -2.29. The van der Waals surface area contributed by atoms with Gasteiger partial charge in [0, 0.05) is 32.1 Å². The van der Waals surface area contributed by atoms with Crippen molar-refractivity contribution in [2.75, 3.05) is 23.8 Å². The monoisotopic (exact) mass is 633 g/mol. The van der Waals surface area contributed by atoms with E-state index in [1.54, 1.807) is 24.3 Å². The molecule has 15 nitrogen and oxygen atoms in total. The number of carbonyl (C=O) groups excluding carboxylic acids is 6. The molecule has 3 N–H and O–H groups in total. The van der Waals surface area contributed by atoms with Gasteiger partial charge in [-0.15, -0.1) is 0 Å². The Morgan fingerprint density at radius 3 is 1.93 bits per heavy atom. The van der Waals surface area contributed by atoms with Gasteiger partial charge in [-0.2, -0.15) is 0 Å². The molecule has 0 radical (unpaired) electrons. The van der Waals surface area contributed by atoms with Crippen LogP contribution in [0.15, 0.2) is 54.6 Å². The SMILES string of the molecule is CC(=O)OC[C@H]1O[C@@H](OC(=O)Nc2ccc(NC(=O)CNC(=O)OCc3ccccc3)cc2)[C@@H](F)[C@@H](OC(C)=O)[C@@H]1OC(C)=O. The van der Waals surface area contributed by atoms with Crippen LogP contribution in [-0.2, 0) is 54.2 Å². The molecule has 5 atom stereocenters. The number of rotatable bonds is 11. The molecule has 3 rings (SSSR count). The van der Waals surface area contributed by atoms with Crippen LogP contribution >= 0.6 is 0 Å². The lowest BCUT2D eigenvalue weighted by Crippen LogP contribution is -2.60. The molecule has 1 aliphatic heterocycles. The van der Waals surface area contributed by atoms with E-state index in [0.717, 1.165) is 26.3 Å². The molecule has 16 heteroatoms. The summed E-state index contributed by atoms with van der Waals surface area (Å²) in [7, 11) is 0. The highest BCUT2D eigenvalue weighted by molar-refractivity contribution is 5.94. The maximum absolute atomic E-state index is 15.4. The number of esters is 3. The van der Waals surface area contributed by atoms with Gasteiger partial charge in [-0.05, 0) is 29.8 Å². The summed E-state index contributed by atoms with van der Waals surface area (Å²) in [6.07, 6.45) is -10.8. The third kappa shape index (κ3) is 11.4. The summed E-state index contributed by atoms with van der Waals surface area (Å²) in [6, 6.07) is 14.7. The number of hydrogen-bond acceptors (Lipinski definition) is 12. The summed E-state index contributed by atoms with van der Waals surface area (Å²) in [5, 5.41) is 7.23. The maximum atomic E-state index is 15.4. The van der Waals surface area contributed by atoms with Crippen LogP contribution < -0.4 is 16.0 Å². The molecule has 1 fully saturated rings. The number of carbonyl (C=O) groups is 6. The molecule has 45 heavy (non-hydrogen) atoms. The van der Waals surface area contributed by atoms with E-state index < -0.39 is 73.4 Å². The molecule has 0 unspecified atom stereocenters. The van der Waals surface area contributed by atoms with Crippen molar-refractivity contribution < 1.29 is 61.6 Å². The van der Waals surface area contributed by atoms with Crippen LogP contribution in [0.2, 0.25) is 0 Å². The lowest BCUT2D eigenvalue weighted by atomic mass is 9.99. The van der Waals surface area contributed by atoms with Crippen LogP contribution in [0, 0.1) is 0 Å². The van der Waals surface area contributed by atoms with Crippen molar-refractivity contribution in [2.45, 2.75) is 58.2 Å². The Kier molecular flexibility index (Phi) is 12.6. The Balaban J connectivity index is 1.53. The Hall–Kier alpha value is -5.25. The number of anilines is 2. The van der Waals surface area contributed by atoms with Gasteiger partial charge in [0.2, 0.25) is 18.4 Å². The predicted octanol–water partition coefficient (Wildman–Crippen LogP) is 2.59. The summed E-state index contributed by atoms with van der Waals surface area (Å²) in [6.45, 7) is 2.29. The van der Waals surface area contributed by atoms with Crippen molar-refractivity contribution in [3.8, 4) is 0 Å². The van der Waals surface area contributed by atoms with Crippen molar-refractivity contribution in [3.05, 3.63) is 60.2 Å². The summed E-state index contributed by atoms with van der Waals surface area (Å²) in [4.78, 5) is 71.2. The van der Waals surface area contributed by atoms with Crippen LogP contribution in [0.5, 0.6) is 0 Å². The van der Waals surface area contributed by atoms with Crippen molar-refractivity contribution >= 4 is 47.4 Å². The van der Waals surface area contributed by atoms with Crippen LogP contribution in [0.1, 0.15) is 26.3 Å². The fraction of sp³-hybridized carbons (Fsp3) is 0.379. The molecule has 0 aromatic heterocycles. The Morgan fingerprint density at radius 1 is 0.733 bits per heavy atom. The highest BCUT2D eigenvalue weighted by Crippen LogP contribution is 2.30. The number of alkyl carbamates (subject to hydrolysis) is 1. The van der Waals surface area contributed by atoms with Crippen LogP contribution in [0.3, 0.4) is 0 Å². The van der Waals surface area contributed by atoms with E-state index in [-0.39, 0.29) is 18.8 Å². The van der Waals surface area contributed by atoms with Gasteiger partial charge in [0.1, 0.15) is 25.9 Å². The van der Waals surface area contributed by atoms with Crippen LogP contribution in [-0.4, -0.2) is 79.9 Å². The number of nitrogens with one attached hydrogen (secondary N) is 3. The molecule has 2 aromatic rings. The number of halogens is 1. The van der Waals surface area contributed by atoms with Crippen molar-refractivity contribution in [1.82, 2.24) is 5.32 Å². The molecule has 1 heterocycles. The van der Waals surface area contributed by atoms with Gasteiger partial charge >= 0.3 is 30.1 Å². The molecule has 0 spiro atoms. The zero-order valence-corrected chi connectivity index (χ0v) is 24.5. The minimum Gasteiger partial charge on any atom is -0.463 e. The van der Waals surface area contributed by atoms with Crippen molar-refractivity contribution in [1.29, 1.82) is 0 Å². The Morgan fingerprint density at radius 2 is 1.33 bits per heavy atom. The van der Waals surface area contributed by atoms with E-state index in [1.165, 1.54) is 24.3 Å². The predicted molar refractivity (Wildman–Crippen MR) is 151 cm³/mol. The molecule has 0 saturated carbocycles. The average molecular weight is 634 g/mol. The fourth-order valence-electron chi connectivity index (χ4n) is 3.98. The van der Waals surface area contributed by atoms with Gasteiger partial charge in [-0.25, -0.2) is 14.0 Å². The van der Waals surface area contributed by atoms with Gasteiger partial charge in [0.05, 0.1) is 0 Å². The van der Waals surface area contributed by atoms with Crippen LogP contribution in [0.25, 0.3) is 0 Å². The molecule has 0 bridgehead atoms. The number of hydrogen-bond donors (Lipinski definition) is 3. The molecule has 3 amide bonds. The molecule has 1 saturated heterocycles. The molecule has 0 aliphatic carbocycles. The fourth-order valence-corrected chi connectivity index (χ4v) is 3.98. The second kappa shape index (κ2) is 16.6. The van der Waals surface area contributed by atoms with E-state index in [0.29, 0.717) is 5.69 Å². The summed E-state index contributed by atoms with van der Waals surface area (Å²) in [5.41, 5.74) is 1.29. The normalized spacial score (nSPS) is 20.5. The Labute approximate surface area is 256 Å². The van der Waals surface area contributed by atoms with E-state index in [1.807, 2.05) is 6.07 Å². The van der Waals surface area contributed by atoms with Gasteiger partial charge in [0.25, 0.3) is 0 Å². The first kappa shape index (κ1) is 34.2. The average Bonchev–Trinajstić information content (AvgIpc) is 2.98. The largest absolute Gasteiger partial charge is 0.463 e. The van der Waals surface area contributed by atoms with Gasteiger partial charge < -0.3 is 39.1 Å². The van der Waals surface area contributed by atoms with Gasteiger partial charge in [-0.1, -0.05) is 30.3 Å². The van der Waals surface area contributed by atoms with Crippen LogP contribution in [0.4, 0.5) is 25.4 Å². The smallest absolute Gasteiger partial charge is 0.414 e. The van der Waals surface area contributed by atoms with E-state index in [4.69, 9.17) is 28.4 Å². The summed E-state index contributed by atoms with van der Waals surface area (Å²) < 4.78 is 45.9. The first-order valence-electron chi connectivity index (χ1n) is 13.5. The zero-order valence-electron chi connectivity index (χ0n) is 24.5. The quantitative estimate of drug-likeness (QED) is 0.242. The second-order valence-corrected chi connectivity index (χ2v) is 9.51. The second-order valence-electron chi connectivity index (χ2n) is 9.51. The molecular weight excluding hydrogens is 601 g/mol.